The van der Waals surface area contributed by atoms with Crippen molar-refractivity contribution in [3.8, 4) is 0 Å². The summed E-state index contributed by atoms with van der Waals surface area (Å²) in [5.74, 6) is -1.66. The van der Waals surface area contributed by atoms with Gasteiger partial charge in [-0.05, 0) is 22.0 Å². The number of rotatable bonds is 3. The number of anilines is 1. The third kappa shape index (κ3) is 4.48. The van der Waals surface area contributed by atoms with Gasteiger partial charge in [-0.15, -0.1) is 0 Å². The lowest BCUT2D eigenvalue weighted by Crippen LogP contribution is -2.18. The first-order valence-corrected chi connectivity index (χ1v) is 6.05. The number of nitrogens with one attached hydrogen (secondary N) is 1. The second kappa shape index (κ2) is 6.21. The molecule has 1 N–H and O–H groups in total. The van der Waals surface area contributed by atoms with E-state index in [0.29, 0.717) is 0 Å². The first kappa shape index (κ1) is 16.4. The summed E-state index contributed by atoms with van der Waals surface area (Å²) in [5, 5.41) is 2.20. The van der Waals surface area contributed by atoms with Crippen LogP contribution in [0.2, 0.25) is 0 Å². The standard InChI is InChI=1S/C11H10BrF3N2O3/c1-5(18)16-9-6(10(19)20-2)3-7(12)8(17-9)4-11(13,14)15/h3H,4H2,1-2H3,(H,16,17,18). The van der Waals surface area contributed by atoms with Crippen LogP contribution >= 0.6 is 15.9 Å². The maximum Gasteiger partial charge on any atom is 0.394 e. The summed E-state index contributed by atoms with van der Waals surface area (Å²) >= 11 is 2.91. The number of esters is 1. The van der Waals surface area contributed by atoms with E-state index in [4.69, 9.17) is 0 Å². The number of ether oxygens (including phenoxy) is 1. The molecule has 5 nitrogen and oxygen atoms in total. The molecule has 20 heavy (non-hydrogen) atoms. The number of pyridine rings is 1. The maximum atomic E-state index is 12.4. The number of amides is 1. The highest BCUT2D eigenvalue weighted by atomic mass is 79.9. The molecule has 9 heteroatoms. The van der Waals surface area contributed by atoms with Crippen LogP contribution in [-0.4, -0.2) is 30.1 Å². The monoisotopic (exact) mass is 354 g/mol. The number of carbonyl (C=O) groups excluding carboxylic acids is 2. The summed E-state index contributed by atoms with van der Waals surface area (Å²) in [4.78, 5) is 26.2. The van der Waals surface area contributed by atoms with Crippen LogP contribution in [-0.2, 0) is 16.0 Å². The molecule has 0 spiro atoms. The Morgan fingerprint density at radius 2 is 2.05 bits per heavy atom. The highest BCUT2D eigenvalue weighted by Crippen LogP contribution is 2.28. The smallest absolute Gasteiger partial charge is 0.394 e. The molecule has 0 atom stereocenters. The van der Waals surface area contributed by atoms with Crippen molar-refractivity contribution in [2.45, 2.75) is 19.5 Å². The minimum absolute atomic E-state index is 0.00401. The van der Waals surface area contributed by atoms with Gasteiger partial charge >= 0.3 is 12.1 Å². The van der Waals surface area contributed by atoms with Gasteiger partial charge in [-0.2, -0.15) is 13.2 Å². The number of methoxy groups -OCH3 is 1. The minimum atomic E-state index is -4.46. The van der Waals surface area contributed by atoms with Crippen molar-refractivity contribution >= 4 is 33.6 Å². The Balaban J connectivity index is 3.31. The first-order chi connectivity index (χ1) is 9.14. The number of alkyl halides is 3. The van der Waals surface area contributed by atoms with Gasteiger partial charge in [0, 0.05) is 11.4 Å². The molecule has 1 heterocycles. The van der Waals surface area contributed by atoms with Gasteiger partial charge in [0.2, 0.25) is 5.91 Å². The Bertz CT molecular complexity index is 546. The van der Waals surface area contributed by atoms with Crippen molar-refractivity contribution in [3.63, 3.8) is 0 Å². The molecule has 0 aliphatic heterocycles. The van der Waals surface area contributed by atoms with Gasteiger partial charge in [0.05, 0.1) is 19.2 Å². The van der Waals surface area contributed by atoms with Gasteiger partial charge in [0.1, 0.15) is 11.4 Å². The Hall–Kier alpha value is -1.64. The first-order valence-electron chi connectivity index (χ1n) is 5.26. The molecule has 1 rings (SSSR count). The van der Waals surface area contributed by atoms with Crippen molar-refractivity contribution in [1.82, 2.24) is 4.98 Å². The van der Waals surface area contributed by atoms with Crippen molar-refractivity contribution in [2.75, 3.05) is 12.4 Å². The molecule has 1 aromatic heterocycles. The third-order valence-corrected chi connectivity index (χ3v) is 2.80. The van der Waals surface area contributed by atoms with Crippen molar-refractivity contribution < 1.29 is 27.5 Å². The van der Waals surface area contributed by atoms with Crippen LogP contribution in [0.4, 0.5) is 19.0 Å². The highest BCUT2D eigenvalue weighted by Gasteiger charge is 2.31. The zero-order chi connectivity index (χ0) is 15.5. The van der Waals surface area contributed by atoms with Crippen LogP contribution in [0.15, 0.2) is 10.5 Å². The zero-order valence-corrected chi connectivity index (χ0v) is 12.1. The molecule has 0 saturated carbocycles. The lowest BCUT2D eigenvalue weighted by Gasteiger charge is -2.13. The summed E-state index contributed by atoms with van der Waals surface area (Å²) in [6.45, 7) is 1.15. The number of hydrogen-bond donors (Lipinski definition) is 1. The van der Waals surface area contributed by atoms with E-state index in [9.17, 15) is 22.8 Å². The van der Waals surface area contributed by atoms with Crippen molar-refractivity contribution in [2.24, 2.45) is 0 Å². The van der Waals surface area contributed by atoms with Crippen LogP contribution in [0.25, 0.3) is 0 Å². The molecule has 0 aromatic carbocycles. The second-order valence-electron chi connectivity index (χ2n) is 3.78. The Kier molecular flexibility index (Phi) is 5.09. The molecule has 1 aromatic rings. The van der Waals surface area contributed by atoms with E-state index in [2.05, 4.69) is 31.0 Å². The molecule has 0 radical (unpaired) electrons. The molecular formula is C11H10BrF3N2O3. The van der Waals surface area contributed by atoms with Gasteiger partial charge in [-0.1, -0.05) is 0 Å². The normalized spacial score (nSPS) is 11.1. The number of carbonyl (C=O) groups is 2. The number of nitrogens with zero attached hydrogens (tertiary/aromatic N) is 1. The average molecular weight is 355 g/mol. The molecule has 0 aliphatic carbocycles. The summed E-state index contributed by atoms with van der Waals surface area (Å²) in [6, 6.07) is 1.13. The van der Waals surface area contributed by atoms with Crippen LogP contribution < -0.4 is 5.32 Å². The predicted molar refractivity (Wildman–Crippen MR) is 67.3 cm³/mol. The minimum Gasteiger partial charge on any atom is -0.465 e. The van der Waals surface area contributed by atoms with Crippen molar-refractivity contribution in [3.05, 3.63) is 21.8 Å². The molecule has 0 fully saturated rings. The summed E-state index contributed by atoms with van der Waals surface area (Å²) < 4.78 is 41.7. The molecule has 0 aliphatic rings. The van der Waals surface area contributed by atoms with Gasteiger partial charge in [0.25, 0.3) is 0 Å². The van der Waals surface area contributed by atoms with E-state index in [-0.39, 0.29) is 21.5 Å². The molecule has 0 unspecified atom stereocenters. The van der Waals surface area contributed by atoms with E-state index < -0.39 is 24.5 Å². The Morgan fingerprint density at radius 1 is 1.45 bits per heavy atom. The van der Waals surface area contributed by atoms with E-state index in [1.165, 1.54) is 0 Å². The van der Waals surface area contributed by atoms with E-state index in [1.807, 2.05) is 0 Å². The second-order valence-corrected chi connectivity index (χ2v) is 4.63. The van der Waals surface area contributed by atoms with Gasteiger partial charge < -0.3 is 10.1 Å². The number of halogens is 4. The number of aromatic nitrogens is 1. The SMILES string of the molecule is COC(=O)c1cc(Br)c(CC(F)(F)F)nc1NC(C)=O. The molecular weight excluding hydrogens is 345 g/mol. The summed E-state index contributed by atoms with van der Waals surface area (Å²) in [6.07, 6.45) is -5.75. The lowest BCUT2D eigenvalue weighted by atomic mass is 10.2. The molecule has 0 saturated heterocycles. The summed E-state index contributed by atoms with van der Waals surface area (Å²) in [5.41, 5.74) is -0.477. The maximum absolute atomic E-state index is 12.4. The van der Waals surface area contributed by atoms with Gasteiger partial charge in [-0.25, -0.2) is 9.78 Å². The van der Waals surface area contributed by atoms with E-state index in [1.54, 1.807) is 0 Å². The zero-order valence-electron chi connectivity index (χ0n) is 10.5. The fourth-order valence-electron chi connectivity index (χ4n) is 1.37. The molecule has 110 valence electrons. The Morgan fingerprint density at radius 3 is 2.50 bits per heavy atom. The summed E-state index contributed by atoms with van der Waals surface area (Å²) in [7, 11) is 1.11. The lowest BCUT2D eigenvalue weighted by molar-refractivity contribution is -0.127. The average Bonchev–Trinajstić information content (AvgIpc) is 2.29. The topological polar surface area (TPSA) is 68.3 Å². The predicted octanol–water partition coefficient (Wildman–Crippen LogP) is 2.69. The Labute approximate surface area is 120 Å². The van der Waals surface area contributed by atoms with Crippen LogP contribution in [0.3, 0.4) is 0 Å². The fraction of sp³-hybridized carbons (Fsp3) is 0.364. The van der Waals surface area contributed by atoms with Gasteiger partial charge in [-0.3, -0.25) is 4.79 Å². The van der Waals surface area contributed by atoms with Crippen LogP contribution in [0.1, 0.15) is 23.0 Å². The highest BCUT2D eigenvalue weighted by molar-refractivity contribution is 9.10. The van der Waals surface area contributed by atoms with Crippen LogP contribution in [0.5, 0.6) is 0 Å². The van der Waals surface area contributed by atoms with Crippen molar-refractivity contribution in [1.29, 1.82) is 0 Å². The largest absolute Gasteiger partial charge is 0.465 e. The van der Waals surface area contributed by atoms with Crippen LogP contribution in [0, 0.1) is 0 Å². The molecule has 1 amide bonds. The van der Waals surface area contributed by atoms with Gasteiger partial charge in [0.15, 0.2) is 0 Å². The quantitative estimate of drug-likeness (QED) is 0.847. The van der Waals surface area contributed by atoms with E-state index in [0.717, 1.165) is 20.1 Å². The number of hydrogen-bond acceptors (Lipinski definition) is 4. The molecule has 0 bridgehead atoms. The van der Waals surface area contributed by atoms with E-state index >= 15 is 0 Å². The fourth-order valence-corrected chi connectivity index (χ4v) is 1.83. The third-order valence-electron chi connectivity index (χ3n) is 2.12.